The smallest absolute Gasteiger partial charge is 0.268 e. The zero-order valence-corrected chi connectivity index (χ0v) is 20.6. The third-order valence-corrected chi connectivity index (χ3v) is 7.71. The Kier molecular flexibility index (Phi) is 6.22. The van der Waals surface area contributed by atoms with E-state index in [1.807, 2.05) is 42.5 Å². The summed E-state index contributed by atoms with van der Waals surface area (Å²) in [6.07, 6.45) is 7.27. The molecule has 2 N–H and O–H groups in total. The van der Waals surface area contributed by atoms with Crippen LogP contribution in [0.25, 0.3) is 11.0 Å². The first kappa shape index (κ1) is 23.4. The summed E-state index contributed by atoms with van der Waals surface area (Å²) in [5.41, 5.74) is 2.59. The number of Topliss-reactive ketones (excluding diaryl/α,β-unsaturated/α-hetero) is 1. The highest BCUT2D eigenvalue weighted by molar-refractivity contribution is 7.99. The molecule has 8 nitrogen and oxygen atoms in total. The Balaban J connectivity index is 1.37. The summed E-state index contributed by atoms with van der Waals surface area (Å²) < 4.78 is 7.25. The van der Waals surface area contributed by atoms with Gasteiger partial charge in [0.15, 0.2) is 5.78 Å². The van der Waals surface area contributed by atoms with Crippen molar-refractivity contribution < 1.29 is 9.53 Å². The number of thioether (sulfide) groups is 1. The quantitative estimate of drug-likeness (QED) is 0.402. The molecule has 0 saturated carbocycles. The summed E-state index contributed by atoms with van der Waals surface area (Å²) in [5, 5.41) is 7.13. The molecule has 0 amide bonds. The molecule has 4 heterocycles. The van der Waals surface area contributed by atoms with Gasteiger partial charge in [-0.1, -0.05) is 36.3 Å². The number of morpholine rings is 1. The number of nitrogens with one attached hydrogen (secondary N) is 2. The average Bonchev–Trinajstić information content (AvgIpc) is 2.95. The van der Waals surface area contributed by atoms with E-state index >= 15 is 0 Å². The van der Waals surface area contributed by atoms with E-state index in [0.717, 1.165) is 29.2 Å². The summed E-state index contributed by atoms with van der Waals surface area (Å²) in [6.45, 7) is 2.33. The topological polar surface area (TPSA) is 98.1 Å². The Morgan fingerprint density at radius 1 is 1.16 bits per heavy atom. The lowest BCUT2D eigenvalue weighted by atomic mass is 10.0. The number of carbonyl (C=O) groups excluding carboxylic acids is 1. The number of benzene rings is 2. The van der Waals surface area contributed by atoms with Gasteiger partial charge in [0.2, 0.25) is 5.95 Å². The van der Waals surface area contributed by atoms with Crippen LogP contribution in [0.4, 0.5) is 11.6 Å². The van der Waals surface area contributed by atoms with Crippen LogP contribution in [0, 0.1) is 12.3 Å². The summed E-state index contributed by atoms with van der Waals surface area (Å²) in [6, 6.07) is 16.2. The van der Waals surface area contributed by atoms with E-state index in [-0.39, 0.29) is 17.5 Å². The van der Waals surface area contributed by atoms with E-state index in [2.05, 4.69) is 26.5 Å². The molecule has 0 radical (unpaired) electrons. The van der Waals surface area contributed by atoms with Crippen LogP contribution in [0.1, 0.15) is 33.6 Å². The van der Waals surface area contributed by atoms with Gasteiger partial charge in [-0.25, -0.2) is 4.98 Å². The van der Waals surface area contributed by atoms with Gasteiger partial charge in [-0.05, 0) is 29.8 Å². The van der Waals surface area contributed by atoms with Gasteiger partial charge < -0.3 is 15.4 Å². The highest BCUT2D eigenvalue weighted by Gasteiger charge is 2.32. The second kappa shape index (κ2) is 9.82. The molecule has 9 heteroatoms. The maximum atomic E-state index is 13.5. The van der Waals surface area contributed by atoms with E-state index < -0.39 is 11.6 Å². The minimum atomic E-state index is -0.727. The fourth-order valence-corrected chi connectivity index (χ4v) is 5.81. The predicted molar refractivity (Wildman–Crippen MR) is 144 cm³/mol. The Bertz CT molecular complexity index is 1600. The molecular formula is C28H23N5O3S. The molecule has 0 aliphatic carbocycles. The largest absolute Gasteiger partial charge is 0.371 e. The number of fused-ring (bicyclic) bond motifs is 2. The molecule has 1 saturated heterocycles. The molecule has 184 valence electrons. The molecule has 2 atom stereocenters. The predicted octanol–water partition coefficient (Wildman–Crippen LogP) is 3.71. The standard InChI is InChI=1S/C28H23N5O3S/c1-2-17-13-19-14-30-28(31-20-9-7-18(8-10-20)23-15-29-11-12-36-23)32-26(19)33(27(17)35)22-16-37-24-6-4-3-5-21(24)25(22)34/h1,3-10,13-14,22-23,29H,11-12,15-16H2,(H,30,31,32). The first-order valence-electron chi connectivity index (χ1n) is 12.0. The number of terminal acetylenes is 1. The van der Waals surface area contributed by atoms with Gasteiger partial charge in [-0.2, -0.15) is 4.98 Å². The van der Waals surface area contributed by atoms with Crippen molar-refractivity contribution in [1.29, 1.82) is 0 Å². The molecule has 0 bridgehead atoms. The van der Waals surface area contributed by atoms with Crippen molar-refractivity contribution in [3.05, 3.63) is 87.8 Å². The zero-order valence-electron chi connectivity index (χ0n) is 19.8. The third kappa shape index (κ3) is 4.40. The van der Waals surface area contributed by atoms with Crippen LogP contribution >= 0.6 is 11.8 Å². The van der Waals surface area contributed by atoms with Gasteiger partial charge in [-0.15, -0.1) is 18.2 Å². The Labute approximate surface area is 217 Å². The Hall–Kier alpha value is -3.97. The van der Waals surface area contributed by atoms with Crippen molar-refractivity contribution in [3.8, 4) is 12.3 Å². The lowest BCUT2D eigenvalue weighted by Crippen LogP contribution is -2.35. The van der Waals surface area contributed by atoms with E-state index in [0.29, 0.717) is 34.9 Å². The molecule has 2 unspecified atom stereocenters. The normalized spacial score (nSPS) is 19.3. The molecular weight excluding hydrogens is 486 g/mol. The summed E-state index contributed by atoms with van der Waals surface area (Å²) in [4.78, 5) is 36.8. The number of ether oxygens (including phenoxy) is 1. The Morgan fingerprint density at radius 3 is 2.78 bits per heavy atom. The SMILES string of the molecule is C#Cc1cc2cnc(Nc3ccc(C4CNCCO4)cc3)nc2n(C2CSc3ccccc3C2=O)c1=O. The molecule has 4 aromatic rings. The van der Waals surface area contributed by atoms with Gasteiger partial charge in [0.05, 0.1) is 18.3 Å². The van der Waals surface area contributed by atoms with Crippen molar-refractivity contribution in [2.24, 2.45) is 0 Å². The number of pyridine rings is 1. The molecule has 1 fully saturated rings. The van der Waals surface area contributed by atoms with Crippen LogP contribution in [0.2, 0.25) is 0 Å². The minimum Gasteiger partial charge on any atom is -0.371 e. The Morgan fingerprint density at radius 2 is 2.00 bits per heavy atom. The molecule has 2 aromatic heterocycles. The maximum Gasteiger partial charge on any atom is 0.268 e. The minimum absolute atomic E-state index is 0.0236. The lowest BCUT2D eigenvalue weighted by molar-refractivity contribution is 0.0277. The summed E-state index contributed by atoms with van der Waals surface area (Å²) >= 11 is 1.54. The molecule has 2 aliphatic heterocycles. The van der Waals surface area contributed by atoms with Gasteiger partial charge in [0.25, 0.3) is 5.56 Å². The first-order chi connectivity index (χ1) is 18.1. The number of hydrogen-bond acceptors (Lipinski definition) is 8. The number of aromatic nitrogens is 3. The van der Waals surface area contributed by atoms with Crippen LogP contribution in [-0.4, -0.2) is 45.8 Å². The van der Waals surface area contributed by atoms with Crippen LogP contribution in [-0.2, 0) is 4.74 Å². The van der Waals surface area contributed by atoms with Gasteiger partial charge in [-0.3, -0.25) is 14.2 Å². The molecule has 2 aliphatic rings. The van der Waals surface area contributed by atoms with Crippen molar-refractivity contribution in [2.75, 3.05) is 30.8 Å². The van der Waals surface area contributed by atoms with Crippen LogP contribution in [0.3, 0.4) is 0 Å². The number of ketones is 1. The number of hydrogen-bond donors (Lipinski definition) is 2. The monoisotopic (exact) mass is 509 g/mol. The van der Waals surface area contributed by atoms with E-state index in [1.54, 1.807) is 18.3 Å². The fraction of sp³-hybridized carbons (Fsp3) is 0.214. The number of nitrogens with zero attached hydrogens (tertiary/aromatic N) is 3. The zero-order chi connectivity index (χ0) is 25.4. The second-order valence-electron chi connectivity index (χ2n) is 8.85. The average molecular weight is 510 g/mol. The molecule has 0 spiro atoms. The van der Waals surface area contributed by atoms with Crippen LogP contribution in [0.15, 0.2) is 70.5 Å². The van der Waals surface area contributed by atoms with Crippen molar-refractivity contribution in [2.45, 2.75) is 17.0 Å². The van der Waals surface area contributed by atoms with Crippen molar-refractivity contribution in [3.63, 3.8) is 0 Å². The highest BCUT2D eigenvalue weighted by Crippen LogP contribution is 2.35. The lowest BCUT2D eigenvalue weighted by Gasteiger charge is -2.25. The summed E-state index contributed by atoms with van der Waals surface area (Å²) in [5.74, 6) is 3.04. The van der Waals surface area contributed by atoms with Crippen LogP contribution in [0.5, 0.6) is 0 Å². The highest BCUT2D eigenvalue weighted by atomic mass is 32.2. The van der Waals surface area contributed by atoms with E-state index in [4.69, 9.17) is 11.2 Å². The van der Waals surface area contributed by atoms with E-state index in [9.17, 15) is 9.59 Å². The number of carbonyl (C=O) groups is 1. The fourth-order valence-electron chi connectivity index (χ4n) is 4.67. The third-order valence-electron chi connectivity index (χ3n) is 6.56. The van der Waals surface area contributed by atoms with Gasteiger partial charge >= 0.3 is 0 Å². The number of anilines is 2. The second-order valence-corrected chi connectivity index (χ2v) is 9.91. The van der Waals surface area contributed by atoms with Crippen LogP contribution < -0.4 is 16.2 Å². The maximum absolute atomic E-state index is 13.5. The summed E-state index contributed by atoms with van der Waals surface area (Å²) in [7, 11) is 0. The molecule has 37 heavy (non-hydrogen) atoms. The van der Waals surface area contributed by atoms with Crippen molar-refractivity contribution in [1.82, 2.24) is 19.9 Å². The number of rotatable bonds is 4. The van der Waals surface area contributed by atoms with Crippen molar-refractivity contribution >= 4 is 40.2 Å². The molecule has 6 rings (SSSR count). The van der Waals surface area contributed by atoms with Gasteiger partial charge in [0, 0.05) is 46.6 Å². The first-order valence-corrected chi connectivity index (χ1v) is 12.9. The van der Waals surface area contributed by atoms with Gasteiger partial charge in [0.1, 0.15) is 11.7 Å². The molecule has 2 aromatic carbocycles. The van der Waals surface area contributed by atoms with E-state index in [1.165, 1.54) is 16.3 Å².